The molecule has 6 heteroatoms. The second-order valence-corrected chi connectivity index (χ2v) is 7.62. The Morgan fingerprint density at radius 3 is 2.85 bits per heavy atom. The molecule has 27 heavy (non-hydrogen) atoms. The molecule has 2 aromatic carbocycles. The number of likely N-dealkylation sites (N-methyl/N-ethyl adjacent to an activating group) is 1. The van der Waals surface area contributed by atoms with Crippen molar-refractivity contribution >= 4 is 28.4 Å². The van der Waals surface area contributed by atoms with E-state index in [1.165, 1.54) is 5.56 Å². The zero-order valence-electron chi connectivity index (χ0n) is 15.5. The van der Waals surface area contributed by atoms with E-state index in [4.69, 9.17) is 11.6 Å². The van der Waals surface area contributed by atoms with Gasteiger partial charge in [0.25, 0.3) is 5.91 Å². The topological polar surface area (TPSA) is 60.2 Å². The number of aromatic nitrogens is 1. The summed E-state index contributed by atoms with van der Waals surface area (Å²) in [5.74, 6) is -0.0630. The highest BCUT2D eigenvalue weighted by atomic mass is 35.5. The minimum atomic E-state index is -0.0630. The van der Waals surface area contributed by atoms with Crippen LogP contribution in [0.25, 0.3) is 22.2 Å². The van der Waals surface area contributed by atoms with Crippen molar-refractivity contribution in [1.29, 1.82) is 0 Å². The third-order valence-corrected chi connectivity index (χ3v) is 5.30. The third-order valence-electron chi connectivity index (χ3n) is 4.95. The van der Waals surface area contributed by atoms with E-state index in [0.29, 0.717) is 17.1 Å². The largest absolute Gasteiger partial charge is 0.355 e. The van der Waals surface area contributed by atoms with Gasteiger partial charge in [-0.2, -0.15) is 0 Å². The summed E-state index contributed by atoms with van der Waals surface area (Å²) in [4.78, 5) is 17.9. The molecule has 0 saturated heterocycles. The van der Waals surface area contributed by atoms with Gasteiger partial charge in [0.05, 0.1) is 5.56 Å². The lowest BCUT2D eigenvalue weighted by atomic mass is 10.0. The van der Waals surface area contributed by atoms with E-state index >= 15 is 0 Å². The lowest BCUT2D eigenvalue weighted by Crippen LogP contribution is -2.26. The molecule has 0 atom stereocenters. The monoisotopic (exact) mass is 382 g/mol. The van der Waals surface area contributed by atoms with Gasteiger partial charge in [0, 0.05) is 58.9 Å². The average Bonchev–Trinajstić information content (AvgIpc) is 3.23. The molecule has 1 amide bonds. The number of hydrogen-bond acceptors (Lipinski definition) is 3. The third kappa shape index (κ3) is 3.58. The number of nitrogens with zero attached hydrogens (tertiary/aromatic N) is 1. The van der Waals surface area contributed by atoms with Gasteiger partial charge in [-0.15, -0.1) is 0 Å². The number of carbonyl (C=O) groups is 1. The minimum absolute atomic E-state index is 0.0630. The van der Waals surface area contributed by atoms with Crippen LogP contribution in [0, 0.1) is 0 Å². The van der Waals surface area contributed by atoms with Crippen LogP contribution in [0.15, 0.2) is 36.4 Å². The highest BCUT2D eigenvalue weighted by Gasteiger charge is 2.26. The number of nitrogens with one attached hydrogen (secondary N) is 3. The van der Waals surface area contributed by atoms with Crippen LogP contribution in [0.1, 0.15) is 21.5 Å². The zero-order valence-corrected chi connectivity index (χ0v) is 16.3. The SMILES string of the molecule is CN(C)CCNCc1ccc2[nH]c(-c3ccc(Cl)c4c3C(=O)NC4)cc2c1. The highest BCUT2D eigenvalue weighted by Crippen LogP contribution is 2.34. The van der Waals surface area contributed by atoms with Gasteiger partial charge < -0.3 is 20.5 Å². The van der Waals surface area contributed by atoms with E-state index < -0.39 is 0 Å². The normalized spacial score (nSPS) is 13.4. The maximum Gasteiger partial charge on any atom is 0.252 e. The molecule has 0 fully saturated rings. The van der Waals surface area contributed by atoms with Gasteiger partial charge in [0.1, 0.15) is 0 Å². The molecule has 0 spiro atoms. The van der Waals surface area contributed by atoms with Crippen LogP contribution in [0.3, 0.4) is 0 Å². The molecular weight excluding hydrogens is 360 g/mol. The Bertz CT molecular complexity index is 1010. The summed E-state index contributed by atoms with van der Waals surface area (Å²) < 4.78 is 0. The van der Waals surface area contributed by atoms with E-state index in [9.17, 15) is 4.79 Å². The summed E-state index contributed by atoms with van der Waals surface area (Å²) in [6.45, 7) is 3.29. The Labute approximate surface area is 163 Å². The molecule has 1 aliphatic rings. The van der Waals surface area contributed by atoms with Crippen LogP contribution in [0.5, 0.6) is 0 Å². The molecule has 1 aromatic heterocycles. The van der Waals surface area contributed by atoms with Crippen LogP contribution >= 0.6 is 11.6 Å². The Morgan fingerprint density at radius 1 is 1.19 bits per heavy atom. The molecule has 0 unspecified atom stereocenters. The second kappa shape index (κ2) is 7.35. The van der Waals surface area contributed by atoms with Crippen molar-refractivity contribution in [3.63, 3.8) is 0 Å². The van der Waals surface area contributed by atoms with Crippen LogP contribution < -0.4 is 10.6 Å². The number of halogens is 1. The number of hydrogen-bond donors (Lipinski definition) is 3. The van der Waals surface area contributed by atoms with Gasteiger partial charge in [-0.3, -0.25) is 4.79 Å². The summed E-state index contributed by atoms with van der Waals surface area (Å²) >= 11 is 6.26. The molecular formula is C21H23ClN4O. The first-order chi connectivity index (χ1) is 13.0. The maximum absolute atomic E-state index is 12.3. The van der Waals surface area contributed by atoms with Gasteiger partial charge in [-0.05, 0) is 43.9 Å². The van der Waals surface area contributed by atoms with Gasteiger partial charge in [0.15, 0.2) is 0 Å². The lowest BCUT2D eigenvalue weighted by molar-refractivity contribution is 0.0966. The van der Waals surface area contributed by atoms with Crippen molar-refractivity contribution in [1.82, 2.24) is 20.5 Å². The Balaban J connectivity index is 1.62. The predicted octanol–water partition coefficient (Wildman–Crippen LogP) is 3.38. The molecule has 3 N–H and O–H groups in total. The molecule has 3 aromatic rings. The summed E-state index contributed by atoms with van der Waals surface area (Å²) in [6.07, 6.45) is 0. The fourth-order valence-corrected chi connectivity index (χ4v) is 3.73. The maximum atomic E-state index is 12.3. The smallest absolute Gasteiger partial charge is 0.252 e. The first-order valence-corrected chi connectivity index (χ1v) is 9.48. The number of aromatic amines is 1. The molecule has 0 bridgehead atoms. The molecule has 0 aliphatic carbocycles. The Morgan fingerprint density at radius 2 is 2.04 bits per heavy atom. The molecule has 140 valence electrons. The van der Waals surface area contributed by atoms with E-state index in [1.54, 1.807) is 0 Å². The first kappa shape index (κ1) is 18.0. The van der Waals surface area contributed by atoms with E-state index in [0.717, 1.165) is 47.4 Å². The molecule has 4 rings (SSSR count). The zero-order chi connectivity index (χ0) is 19.0. The minimum Gasteiger partial charge on any atom is -0.355 e. The molecule has 0 saturated carbocycles. The van der Waals surface area contributed by atoms with Gasteiger partial charge in [0.2, 0.25) is 0 Å². The summed E-state index contributed by atoms with van der Waals surface area (Å²) in [5, 5.41) is 8.10. The van der Waals surface area contributed by atoms with Crippen molar-refractivity contribution < 1.29 is 4.79 Å². The number of fused-ring (bicyclic) bond motifs is 2. The van der Waals surface area contributed by atoms with Crippen molar-refractivity contribution in [2.45, 2.75) is 13.1 Å². The number of carbonyl (C=O) groups excluding carboxylic acids is 1. The van der Waals surface area contributed by atoms with Crippen molar-refractivity contribution in [3.8, 4) is 11.3 Å². The van der Waals surface area contributed by atoms with Crippen molar-refractivity contribution in [2.75, 3.05) is 27.2 Å². The average molecular weight is 383 g/mol. The summed E-state index contributed by atoms with van der Waals surface area (Å²) in [6, 6.07) is 12.3. The summed E-state index contributed by atoms with van der Waals surface area (Å²) in [7, 11) is 4.14. The number of H-pyrrole nitrogens is 1. The van der Waals surface area contributed by atoms with Crippen LogP contribution in [0.2, 0.25) is 5.02 Å². The highest BCUT2D eigenvalue weighted by molar-refractivity contribution is 6.32. The van der Waals surface area contributed by atoms with Crippen LogP contribution in [-0.4, -0.2) is 43.0 Å². The fourth-order valence-electron chi connectivity index (χ4n) is 3.51. The lowest BCUT2D eigenvalue weighted by Gasteiger charge is -2.10. The standard InChI is InChI=1S/C21H23ClN4O/c1-26(2)8-7-23-11-13-3-6-18-14(9-13)10-19(25-18)15-4-5-17(22)16-12-24-21(27)20(15)16/h3-6,9-10,23,25H,7-8,11-12H2,1-2H3,(H,24,27). The molecule has 1 aliphatic heterocycles. The van der Waals surface area contributed by atoms with E-state index in [1.807, 2.05) is 12.1 Å². The molecule has 0 radical (unpaired) electrons. The van der Waals surface area contributed by atoms with Crippen LogP contribution in [-0.2, 0) is 13.1 Å². The van der Waals surface area contributed by atoms with Crippen LogP contribution in [0.4, 0.5) is 0 Å². The Hall–Kier alpha value is -2.34. The second-order valence-electron chi connectivity index (χ2n) is 7.22. The molecule has 5 nitrogen and oxygen atoms in total. The number of amides is 1. The van der Waals surface area contributed by atoms with E-state index in [2.05, 4.69) is 58.9 Å². The number of rotatable bonds is 6. The van der Waals surface area contributed by atoms with Gasteiger partial charge in [-0.1, -0.05) is 23.7 Å². The predicted molar refractivity (Wildman–Crippen MR) is 110 cm³/mol. The number of benzene rings is 2. The first-order valence-electron chi connectivity index (χ1n) is 9.10. The van der Waals surface area contributed by atoms with Gasteiger partial charge in [-0.25, -0.2) is 0 Å². The fraction of sp³-hybridized carbons (Fsp3) is 0.286. The Kier molecular flexibility index (Phi) is 4.91. The van der Waals surface area contributed by atoms with Crippen molar-refractivity contribution in [2.24, 2.45) is 0 Å². The van der Waals surface area contributed by atoms with Crippen molar-refractivity contribution in [3.05, 3.63) is 58.1 Å². The summed E-state index contributed by atoms with van der Waals surface area (Å²) in [5.41, 5.74) is 5.69. The quantitative estimate of drug-likeness (QED) is 0.573. The molecule has 2 heterocycles. The van der Waals surface area contributed by atoms with Gasteiger partial charge >= 0.3 is 0 Å². The van der Waals surface area contributed by atoms with E-state index in [-0.39, 0.29) is 5.91 Å².